The molecule has 0 heterocycles. The number of unbranched alkanes of at least 4 members (excludes halogenated alkanes) is 3. The second-order valence-electron chi connectivity index (χ2n) is 5.25. The van der Waals surface area contributed by atoms with Crippen LogP contribution in [0.3, 0.4) is 0 Å². The van der Waals surface area contributed by atoms with Crippen LogP contribution in [0.1, 0.15) is 45.1 Å². The maximum absolute atomic E-state index is 13.5. The van der Waals surface area contributed by atoms with Gasteiger partial charge >= 0.3 is 9.28 Å². The molecule has 0 saturated carbocycles. The van der Waals surface area contributed by atoms with Gasteiger partial charge in [-0.25, -0.2) is 17.6 Å². The summed E-state index contributed by atoms with van der Waals surface area (Å²) in [5.41, 5.74) is -0.114. The van der Waals surface area contributed by atoms with Gasteiger partial charge in [-0.3, -0.25) is 0 Å². The minimum atomic E-state index is -1.76. The second kappa shape index (κ2) is 10.8. The molecule has 0 aliphatic carbocycles. The van der Waals surface area contributed by atoms with E-state index in [-0.39, 0.29) is 12.0 Å². The molecule has 0 radical (unpaired) electrons. The van der Waals surface area contributed by atoms with E-state index < -0.39 is 32.6 Å². The van der Waals surface area contributed by atoms with Gasteiger partial charge in [0.25, 0.3) is 0 Å². The highest BCUT2D eigenvalue weighted by Gasteiger charge is 2.18. The van der Waals surface area contributed by atoms with Crippen LogP contribution in [0.4, 0.5) is 17.6 Å². The molecule has 0 fully saturated rings. The summed E-state index contributed by atoms with van der Waals surface area (Å²) in [5.74, 6) is -6.12. The van der Waals surface area contributed by atoms with E-state index in [1.807, 2.05) is 13.8 Å². The predicted octanol–water partition coefficient (Wildman–Crippen LogP) is 4.64. The van der Waals surface area contributed by atoms with E-state index in [2.05, 4.69) is 0 Å². The van der Waals surface area contributed by atoms with Crippen LogP contribution in [0.25, 0.3) is 0 Å². The van der Waals surface area contributed by atoms with Crippen molar-refractivity contribution >= 4 is 9.28 Å². The maximum atomic E-state index is 13.5. The van der Waals surface area contributed by atoms with Gasteiger partial charge in [0, 0.05) is 13.2 Å². The summed E-state index contributed by atoms with van der Waals surface area (Å²) in [6.45, 7) is 5.18. The largest absolute Gasteiger partial charge is 0.397 e. The summed E-state index contributed by atoms with van der Waals surface area (Å²) in [5, 5.41) is 0. The number of benzene rings is 1. The molecule has 1 rings (SSSR count). The average molecular weight is 352 g/mol. The first kappa shape index (κ1) is 20.1. The molecule has 23 heavy (non-hydrogen) atoms. The molecule has 2 nitrogen and oxygen atoms in total. The zero-order valence-corrected chi connectivity index (χ0v) is 14.8. The maximum Gasteiger partial charge on any atom is 0.321 e. The minimum Gasteiger partial charge on any atom is -0.397 e. The fourth-order valence-corrected chi connectivity index (χ4v) is 4.17. The Labute approximate surface area is 136 Å². The molecule has 0 N–H and O–H groups in total. The highest BCUT2D eigenvalue weighted by Crippen LogP contribution is 2.20. The fraction of sp³-hybridized carbons (Fsp3) is 0.625. The van der Waals surface area contributed by atoms with E-state index >= 15 is 0 Å². The van der Waals surface area contributed by atoms with Gasteiger partial charge in [-0.1, -0.05) is 19.3 Å². The Morgan fingerprint density at radius 1 is 0.826 bits per heavy atom. The quantitative estimate of drug-likeness (QED) is 0.190. The topological polar surface area (TPSA) is 18.5 Å². The monoisotopic (exact) mass is 352 g/mol. The summed E-state index contributed by atoms with van der Waals surface area (Å²) < 4.78 is 63.6. The number of hydrogen-bond acceptors (Lipinski definition) is 2. The van der Waals surface area contributed by atoms with Gasteiger partial charge in [0.15, 0.2) is 23.3 Å². The molecular weight excluding hydrogens is 328 g/mol. The molecule has 7 heteroatoms. The Balaban J connectivity index is 2.30. The van der Waals surface area contributed by atoms with Crippen LogP contribution in [0.15, 0.2) is 6.07 Å². The van der Waals surface area contributed by atoms with Gasteiger partial charge in [0.05, 0.1) is 0 Å². The lowest BCUT2D eigenvalue weighted by molar-refractivity contribution is 0.212. The highest BCUT2D eigenvalue weighted by atomic mass is 28.3. The Morgan fingerprint density at radius 3 is 2.04 bits per heavy atom. The van der Waals surface area contributed by atoms with Crippen LogP contribution in [0.2, 0.25) is 6.04 Å². The van der Waals surface area contributed by atoms with Crippen molar-refractivity contribution in [1.29, 1.82) is 0 Å². The van der Waals surface area contributed by atoms with Crippen LogP contribution in [0.5, 0.6) is 0 Å². The molecule has 1 aromatic carbocycles. The normalized spacial score (nSPS) is 11.4. The van der Waals surface area contributed by atoms with Crippen molar-refractivity contribution in [1.82, 2.24) is 0 Å². The standard InChI is InChI=1S/C16H24F4O2Si/c1-3-21-23(22-4-2)10-8-6-5-7-9-12-11-13(17)15(19)16(20)14(12)18/h11,23H,3-10H2,1-2H3. The lowest BCUT2D eigenvalue weighted by Gasteiger charge is -2.14. The number of halogens is 4. The molecular formula is C16H24F4O2Si. The van der Waals surface area contributed by atoms with Crippen molar-refractivity contribution in [2.24, 2.45) is 0 Å². The van der Waals surface area contributed by atoms with Crippen molar-refractivity contribution in [2.45, 2.75) is 52.0 Å². The Morgan fingerprint density at radius 2 is 1.43 bits per heavy atom. The molecule has 0 bridgehead atoms. The Kier molecular flexibility index (Phi) is 9.43. The van der Waals surface area contributed by atoms with Crippen LogP contribution in [-0.2, 0) is 15.3 Å². The average Bonchev–Trinajstić information content (AvgIpc) is 2.53. The van der Waals surface area contributed by atoms with E-state index in [0.717, 1.165) is 31.4 Å². The third-order valence-corrected chi connectivity index (χ3v) is 5.81. The molecule has 0 unspecified atom stereocenters. The van der Waals surface area contributed by atoms with E-state index in [1.165, 1.54) is 0 Å². The highest BCUT2D eigenvalue weighted by molar-refractivity contribution is 6.44. The van der Waals surface area contributed by atoms with Crippen LogP contribution in [0, 0.1) is 23.3 Å². The van der Waals surface area contributed by atoms with Crippen molar-refractivity contribution in [3.8, 4) is 0 Å². The fourth-order valence-electron chi connectivity index (χ4n) is 2.37. The summed E-state index contributed by atoms with van der Waals surface area (Å²) >= 11 is 0. The molecule has 0 spiro atoms. The van der Waals surface area contributed by atoms with Crippen LogP contribution >= 0.6 is 0 Å². The molecule has 132 valence electrons. The van der Waals surface area contributed by atoms with Gasteiger partial charge in [0.2, 0.25) is 0 Å². The van der Waals surface area contributed by atoms with Crippen molar-refractivity contribution in [3.63, 3.8) is 0 Å². The lowest BCUT2D eigenvalue weighted by Crippen LogP contribution is -2.22. The van der Waals surface area contributed by atoms with Gasteiger partial charge in [-0.15, -0.1) is 0 Å². The minimum absolute atomic E-state index is 0.114. The smallest absolute Gasteiger partial charge is 0.321 e. The summed E-state index contributed by atoms with van der Waals surface area (Å²) in [4.78, 5) is 0. The summed E-state index contributed by atoms with van der Waals surface area (Å²) in [7, 11) is -1.57. The third-order valence-electron chi connectivity index (χ3n) is 3.52. The third kappa shape index (κ3) is 6.61. The van der Waals surface area contributed by atoms with E-state index in [1.54, 1.807) is 0 Å². The van der Waals surface area contributed by atoms with Gasteiger partial charge < -0.3 is 8.85 Å². The Bertz CT molecular complexity index is 480. The van der Waals surface area contributed by atoms with Gasteiger partial charge in [-0.2, -0.15) is 0 Å². The summed E-state index contributed by atoms with van der Waals surface area (Å²) in [6.07, 6.45) is 3.46. The molecule has 0 aliphatic heterocycles. The van der Waals surface area contributed by atoms with Crippen LogP contribution < -0.4 is 0 Å². The molecule has 0 amide bonds. The number of hydrogen-bond donors (Lipinski definition) is 0. The number of aryl methyl sites for hydroxylation is 1. The number of rotatable bonds is 11. The van der Waals surface area contributed by atoms with Crippen molar-refractivity contribution in [2.75, 3.05) is 13.2 Å². The molecule has 0 aliphatic rings. The zero-order chi connectivity index (χ0) is 17.2. The Hall–Kier alpha value is -0.923. The first-order valence-corrected chi connectivity index (χ1v) is 9.82. The SMILES string of the molecule is CCO[SiH](CCCCCCc1cc(F)c(F)c(F)c1F)OCC. The van der Waals surface area contributed by atoms with Gasteiger partial charge in [0.1, 0.15) is 0 Å². The van der Waals surface area contributed by atoms with Gasteiger partial charge in [-0.05, 0) is 44.4 Å². The first-order valence-electron chi connectivity index (χ1n) is 8.06. The first-order chi connectivity index (χ1) is 11.0. The lowest BCUT2D eigenvalue weighted by atomic mass is 10.1. The zero-order valence-electron chi connectivity index (χ0n) is 13.6. The molecule has 1 aromatic rings. The second-order valence-corrected chi connectivity index (χ2v) is 7.36. The molecule has 0 atom stereocenters. The molecule has 0 saturated heterocycles. The van der Waals surface area contributed by atoms with Crippen molar-refractivity contribution in [3.05, 3.63) is 34.9 Å². The predicted molar refractivity (Wildman–Crippen MR) is 83.7 cm³/mol. The van der Waals surface area contributed by atoms with Crippen LogP contribution in [-0.4, -0.2) is 22.5 Å². The van der Waals surface area contributed by atoms with E-state index in [9.17, 15) is 17.6 Å². The van der Waals surface area contributed by atoms with E-state index in [4.69, 9.17) is 8.85 Å². The van der Waals surface area contributed by atoms with E-state index in [0.29, 0.717) is 19.6 Å². The summed E-state index contributed by atoms with van der Waals surface area (Å²) in [6, 6.07) is 1.65. The van der Waals surface area contributed by atoms with Crippen molar-refractivity contribution < 1.29 is 26.4 Å². The molecule has 0 aromatic heterocycles.